The molecule has 0 aliphatic carbocycles. The van der Waals surface area contributed by atoms with Crippen LogP contribution in [-0.2, 0) is 6.54 Å². The summed E-state index contributed by atoms with van der Waals surface area (Å²) >= 11 is 7.37. The second-order valence-electron chi connectivity index (χ2n) is 4.00. The van der Waals surface area contributed by atoms with Gasteiger partial charge in [0, 0.05) is 6.20 Å². The van der Waals surface area contributed by atoms with Gasteiger partial charge < -0.3 is 5.32 Å². The molecule has 0 radical (unpaired) electrons. The lowest BCUT2D eigenvalue weighted by atomic mass is 10.2. The predicted octanol–water partition coefficient (Wildman–Crippen LogP) is 3.06. The highest BCUT2D eigenvalue weighted by molar-refractivity contribution is 7.00. The Morgan fingerprint density at radius 1 is 1.26 bits per heavy atom. The second-order valence-corrected chi connectivity index (χ2v) is 4.94. The van der Waals surface area contributed by atoms with E-state index in [-0.39, 0.29) is 0 Å². The highest BCUT2D eigenvalue weighted by Crippen LogP contribution is 2.30. The summed E-state index contributed by atoms with van der Waals surface area (Å²) in [7, 11) is 0. The minimum Gasteiger partial charge on any atom is -0.376 e. The van der Waals surface area contributed by atoms with Crippen molar-refractivity contribution < 1.29 is 0 Å². The van der Waals surface area contributed by atoms with E-state index < -0.39 is 0 Å². The van der Waals surface area contributed by atoms with E-state index in [2.05, 4.69) is 24.0 Å². The molecule has 0 atom stereocenters. The van der Waals surface area contributed by atoms with Crippen LogP contribution in [0.25, 0.3) is 11.0 Å². The fourth-order valence-electron chi connectivity index (χ4n) is 1.78. The number of benzene rings is 1. The van der Waals surface area contributed by atoms with E-state index >= 15 is 0 Å². The highest BCUT2D eigenvalue weighted by atomic mass is 35.5. The summed E-state index contributed by atoms with van der Waals surface area (Å²) in [4.78, 5) is 8.40. The number of nitrogens with one attached hydrogen (secondary N) is 1. The van der Waals surface area contributed by atoms with Crippen LogP contribution in [0.3, 0.4) is 0 Å². The lowest BCUT2D eigenvalue weighted by molar-refractivity contribution is 0.956. The van der Waals surface area contributed by atoms with Crippen LogP contribution in [0.15, 0.2) is 24.4 Å². The fourth-order valence-corrected chi connectivity index (χ4v) is 2.54. The molecule has 19 heavy (non-hydrogen) atoms. The lowest BCUT2D eigenvalue weighted by Gasteiger charge is -2.08. The zero-order valence-electron chi connectivity index (χ0n) is 10.1. The van der Waals surface area contributed by atoms with E-state index in [1.54, 1.807) is 6.20 Å². The van der Waals surface area contributed by atoms with E-state index in [0.717, 1.165) is 28.2 Å². The number of halogens is 1. The largest absolute Gasteiger partial charge is 0.376 e. The third-order valence-corrected chi connectivity index (χ3v) is 3.51. The van der Waals surface area contributed by atoms with Crippen LogP contribution in [0.5, 0.6) is 0 Å². The van der Waals surface area contributed by atoms with Crippen molar-refractivity contribution in [3.63, 3.8) is 0 Å². The van der Waals surface area contributed by atoms with Crippen molar-refractivity contribution in [2.45, 2.75) is 13.5 Å². The van der Waals surface area contributed by atoms with Gasteiger partial charge in [-0.3, -0.25) is 0 Å². The molecule has 5 nitrogen and oxygen atoms in total. The van der Waals surface area contributed by atoms with Crippen LogP contribution in [0.1, 0.15) is 11.5 Å². The summed E-state index contributed by atoms with van der Waals surface area (Å²) in [5.74, 6) is 0.749. The summed E-state index contributed by atoms with van der Waals surface area (Å²) < 4.78 is 8.46. The van der Waals surface area contributed by atoms with Crippen molar-refractivity contribution in [1.82, 2.24) is 18.7 Å². The quantitative estimate of drug-likeness (QED) is 0.803. The first-order valence-corrected chi connectivity index (χ1v) is 6.78. The molecular weight excluding hydrogens is 282 g/mol. The molecule has 3 aromatic rings. The molecule has 0 amide bonds. The first-order chi connectivity index (χ1) is 9.24. The van der Waals surface area contributed by atoms with Crippen molar-refractivity contribution in [2.24, 2.45) is 0 Å². The van der Waals surface area contributed by atoms with Gasteiger partial charge in [-0.15, -0.1) is 0 Å². The van der Waals surface area contributed by atoms with Gasteiger partial charge in [0.15, 0.2) is 0 Å². The number of nitrogens with zero attached hydrogens (tertiary/aromatic N) is 4. The van der Waals surface area contributed by atoms with E-state index in [9.17, 15) is 0 Å². The molecule has 0 spiro atoms. The number of fused-ring (bicyclic) bond motifs is 1. The molecule has 1 aromatic carbocycles. The molecular formula is C12H10ClN5S. The van der Waals surface area contributed by atoms with Crippen LogP contribution < -0.4 is 5.32 Å². The van der Waals surface area contributed by atoms with Crippen molar-refractivity contribution in [1.29, 1.82) is 0 Å². The maximum Gasteiger partial charge on any atom is 0.129 e. The van der Waals surface area contributed by atoms with Gasteiger partial charge in [-0.05, 0) is 25.1 Å². The molecule has 1 N–H and O–H groups in total. The molecule has 0 fully saturated rings. The third-order valence-electron chi connectivity index (χ3n) is 2.66. The summed E-state index contributed by atoms with van der Waals surface area (Å²) in [5, 5.41) is 3.90. The first-order valence-electron chi connectivity index (χ1n) is 5.67. The van der Waals surface area contributed by atoms with Crippen molar-refractivity contribution in [3.8, 4) is 0 Å². The molecule has 96 valence electrons. The van der Waals surface area contributed by atoms with Gasteiger partial charge in [0.05, 0.1) is 34.7 Å². The third kappa shape index (κ3) is 2.50. The van der Waals surface area contributed by atoms with Crippen LogP contribution in [0.2, 0.25) is 5.02 Å². The number of aryl methyl sites for hydroxylation is 1. The van der Waals surface area contributed by atoms with Crippen LogP contribution in [-0.4, -0.2) is 18.7 Å². The Hall–Kier alpha value is -1.79. The molecule has 7 heteroatoms. The van der Waals surface area contributed by atoms with E-state index in [0.29, 0.717) is 11.6 Å². The Bertz CT molecular complexity index is 727. The van der Waals surface area contributed by atoms with Gasteiger partial charge in [0.2, 0.25) is 0 Å². The summed E-state index contributed by atoms with van der Waals surface area (Å²) in [6, 6.07) is 5.55. The molecule has 2 heterocycles. The van der Waals surface area contributed by atoms with Gasteiger partial charge in [0.1, 0.15) is 16.9 Å². The van der Waals surface area contributed by atoms with E-state index in [1.807, 2.05) is 25.1 Å². The molecule has 0 unspecified atom stereocenters. The summed E-state index contributed by atoms with van der Waals surface area (Å²) in [5.41, 5.74) is 3.34. The standard InChI is InChI=1S/C12H10ClN5S/c1-7-14-5-4-8(16-7)6-15-11-9(13)2-3-10-12(11)18-19-17-10/h2-5,15H,6H2,1H3. The lowest BCUT2D eigenvalue weighted by Crippen LogP contribution is -2.04. The maximum absolute atomic E-state index is 6.20. The smallest absolute Gasteiger partial charge is 0.129 e. The topological polar surface area (TPSA) is 63.6 Å². The van der Waals surface area contributed by atoms with E-state index in [4.69, 9.17) is 11.6 Å². The van der Waals surface area contributed by atoms with Gasteiger partial charge in [0.25, 0.3) is 0 Å². The fraction of sp³-hybridized carbons (Fsp3) is 0.167. The Balaban J connectivity index is 1.89. The van der Waals surface area contributed by atoms with Gasteiger partial charge in [-0.1, -0.05) is 11.6 Å². The molecule has 0 aliphatic rings. The van der Waals surface area contributed by atoms with Crippen LogP contribution >= 0.6 is 23.3 Å². The Kier molecular flexibility index (Phi) is 3.27. The minimum atomic E-state index is 0.569. The zero-order valence-corrected chi connectivity index (χ0v) is 11.7. The average molecular weight is 292 g/mol. The predicted molar refractivity (Wildman–Crippen MR) is 76.5 cm³/mol. The number of anilines is 1. The van der Waals surface area contributed by atoms with Crippen LogP contribution in [0.4, 0.5) is 5.69 Å². The molecule has 0 saturated carbocycles. The second kappa shape index (κ2) is 5.07. The average Bonchev–Trinajstić information content (AvgIpc) is 2.86. The van der Waals surface area contributed by atoms with Gasteiger partial charge in [-0.2, -0.15) is 8.75 Å². The van der Waals surface area contributed by atoms with Crippen LogP contribution in [0, 0.1) is 6.92 Å². The maximum atomic E-state index is 6.20. The van der Waals surface area contributed by atoms with Crippen molar-refractivity contribution in [3.05, 3.63) is 40.9 Å². The van der Waals surface area contributed by atoms with E-state index in [1.165, 1.54) is 11.7 Å². The Labute approximate surface area is 119 Å². The molecule has 0 bridgehead atoms. The SMILES string of the molecule is Cc1nccc(CNc2c(Cl)ccc3nsnc23)n1. The molecule has 0 saturated heterocycles. The highest BCUT2D eigenvalue weighted by Gasteiger charge is 2.09. The number of hydrogen-bond acceptors (Lipinski definition) is 6. The monoisotopic (exact) mass is 291 g/mol. The normalized spacial score (nSPS) is 10.8. The molecule has 3 rings (SSSR count). The number of hydrogen-bond donors (Lipinski definition) is 1. The summed E-state index contributed by atoms with van der Waals surface area (Å²) in [6.07, 6.45) is 1.74. The Morgan fingerprint density at radius 3 is 3.00 bits per heavy atom. The van der Waals surface area contributed by atoms with Crippen molar-refractivity contribution in [2.75, 3.05) is 5.32 Å². The summed E-state index contributed by atoms with van der Waals surface area (Å²) in [6.45, 7) is 2.43. The minimum absolute atomic E-state index is 0.569. The van der Waals surface area contributed by atoms with Gasteiger partial charge in [-0.25, -0.2) is 9.97 Å². The number of aromatic nitrogens is 4. The first kappa shape index (κ1) is 12.3. The molecule has 2 aromatic heterocycles. The molecule has 0 aliphatic heterocycles. The van der Waals surface area contributed by atoms with Crippen molar-refractivity contribution >= 4 is 40.0 Å². The Morgan fingerprint density at radius 2 is 2.16 bits per heavy atom. The van der Waals surface area contributed by atoms with Gasteiger partial charge >= 0.3 is 0 Å². The zero-order chi connectivity index (χ0) is 13.2. The number of rotatable bonds is 3.